The van der Waals surface area contributed by atoms with E-state index in [1.54, 1.807) is 0 Å². The third kappa shape index (κ3) is 73.5. The number of esters is 2. The topological polar surface area (TPSA) is 108 Å². The summed E-state index contributed by atoms with van der Waals surface area (Å²) in [6.45, 7) is 4.24. The number of rotatable bonds is 68. The second-order valence-corrected chi connectivity index (χ2v) is 27.4. The molecule has 0 aliphatic heterocycles. The Morgan fingerprint density at radius 2 is 0.600 bits per heavy atom. The van der Waals surface area contributed by atoms with Crippen molar-refractivity contribution in [2.45, 2.75) is 328 Å². The summed E-state index contributed by atoms with van der Waals surface area (Å²) in [5.74, 6) is -0.788. The molecule has 2 atom stereocenters. The lowest BCUT2D eigenvalue weighted by Crippen LogP contribution is -2.37. The molecule has 0 amide bonds. The summed E-state index contributed by atoms with van der Waals surface area (Å²) in [6.07, 6.45) is 100. The van der Waals surface area contributed by atoms with E-state index >= 15 is 0 Å². The van der Waals surface area contributed by atoms with E-state index in [1.165, 1.54) is 193 Å². The van der Waals surface area contributed by atoms with Gasteiger partial charge in [0.15, 0.2) is 6.10 Å². The molecule has 9 nitrogen and oxygen atoms in total. The molecule has 0 aromatic carbocycles. The molecule has 2 unspecified atom stereocenters. The van der Waals surface area contributed by atoms with Gasteiger partial charge in [0.25, 0.3) is 0 Å². The Morgan fingerprint density at radius 1 is 0.344 bits per heavy atom. The molecular formula is C80H141NO8P+. The first-order chi connectivity index (χ1) is 44.0. The predicted molar refractivity (Wildman–Crippen MR) is 390 cm³/mol. The number of quaternary nitrogens is 1. The van der Waals surface area contributed by atoms with Gasteiger partial charge >= 0.3 is 19.8 Å². The number of carbonyl (C=O) groups excluding carboxylic acids is 2. The maximum atomic E-state index is 12.9. The Kier molecular flexibility index (Phi) is 67.0. The molecule has 1 N–H and O–H groups in total. The summed E-state index contributed by atoms with van der Waals surface area (Å²) in [5.41, 5.74) is 0. The molecule has 0 radical (unpaired) electrons. The van der Waals surface area contributed by atoms with Gasteiger partial charge in [0.1, 0.15) is 19.8 Å². The predicted octanol–water partition coefficient (Wildman–Crippen LogP) is 24.6. The van der Waals surface area contributed by atoms with Crippen LogP contribution in [-0.4, -0.2) is 74.9 Å². The number of hydrogen-bond acceptors (Lipinski definition) is 7. The minimum Gasteiger partial charge on any atom is -0.462 e. The van der Waals surface area contributed by atoms with Gasteiger partial charge in [-0.15, -0.1) is 0 Å². The smallest absolute Gasteiger partial charge is 0.462 e. The molecule has 0 aromatic heterocycles. The van der Waals surface area contributed by atoms with E-state index in [9.17, 15) is 19.0 Å². The fraction of sp³-hybridized carbons (Fsp3) is 0.725. The van der Waals surface area contributed by atoms with Crippen LogP contribution >= 0.6 is 7.82 Å². The van der Waals surface area contributed by atoms with Gasteiger partial charge in [-0.1, -0.05) is 328 Å². The van der Waals surface area contributed by atoms with Crippen molar-refractivity contribution in [2.75, 3.05) is 47.5 Å². The third-order valence-corrected chi connectivity index (χ3v) is 17.0. The van der Waals surface area contributed by atoms with Crippen LogP contribution in [0.2, 0.25) is 0 Å². The first kappa shape index (κ1) is 86.4. The van der Waals surface area contributed by atoms with Crippen molar-refractivity contribution in [3.8, 4) is 0 Å². The van der Waals surface area contributed by atoms with E-state index in [2.05, 4.69) is 135 Å². The molecule has 0 fully saturated rings. The molecular weight excluding hydrogens is 1130 g/mol. The zero-order valence-electron chi connectivity index (χ0n) is 59.1. The van der Waals surface area contributed by atoms with Crippen LogP contribution in [-0.2, 0) is 32.7 Å². The molecule has 0 aliphatic rings. The second-order valence-electron chi connectivity index (χ2n) is 25.9. The number of ether oxygens (including phenoxy) is 2. The molecule has 0 saturated carbocycles. The molecule has 0 aliphatic carbocycles. The third-order valence-electron chi connectivity index (χ3n) is 16.0. The SMILES string of the molecule is CC/C=C\C/C=C\C/C=C\C/C=C\C/C=C\C/C=C\CCCCCCCCCCCCCCCCCCCCC(=O)OC(COC(=O)CCCCCCCCCCCCCCCCCC/C=C\C/C=C\C/C=C\C/C=C\CC)COP(=O)(O)OCC[N+](C)(C)C. The van der Waals surface area contributed by atoms with Crippen LogP contribution < -0.4 is 0 Å². The maximum Gasteiger partial charge on any atom is 0.472 e. The van der Waals surface area contributed by atoms with Crippen LogP contribution in [0.4, 0.5) is 0 Å². The molecule has 0 spiro atoms. The fourth-order valence-electron chi connectivity index (χ4n) is 10.4. The molecule has 0 bridgehead atoms. The molecule has 0 saturated heterocycles. The summed E-state index contributed by atoms with van der Waals surface area (Å²) in [4.78, 5) is 35.9. The Bertz CT molecular complexity index is 1940. The highest BCUT2D eigenvalue weighted by atomic mass is 31.2. The lowest BCUT2D eigenvalue weighted by molar-refractivity contribution is -0.870. The highest BCUT2D eigenvalue weighted by Gasteiger charge is 2.27. The summed E-state index contributed by atoms with van der Waals surface area (Å²) in [6, 6.07) is 0. The standard InChI is InChI=1S/C80H140NO8P/c1-6-8-10-12-14-16-18-20-22-24-26-28-30-32-34-36-37-38-39-40-41-42-43-45-47-49-51-53-55-57-59-61-63-65-67-69-71-73-80(83)89-78(77-88-90(84,85)87-75-74-81(3,4)5)76-86-79(82)72-70-68-66-64-62-60-58-56-54-52-50-48-46-44-35-33-31-29-27-25-23-21-19-17-15-13-11-9-7-2/h8-11,14-17,20-23,26-29,32,34,37-38,78H,6-7,12-13,18-19,24-25,30-31,33,35-36,39-77H2,1-5H3/p+1/b10-8-,11-9-,16-14-,17-15-,22-20-,23-21-,28-26-,29-27-,34-32-,38-37-. The number of phosphoric acid groups is 1. The van der Waals surface area contributed by atoms with Gasteiger partial charge in [-0.3, -0.25) is 18.6 Å². The minimum absolute atomic E-state index is 0.0294. The number of unbranched alkanes of at least 4 members (excludes halogenated alkanes) is 34. The normalized spacial score (nSPS) is 13.8. The summed E-state index contributed by atoms with van der Waals surface area (Å²) >= 11 is 0. The van der Waals surface area contributed by atoms with Crippen LogP contribution in [0.5, 0.6) is 0 Å². The van der Waals surface area contributed by atoms with Gasteiger partial charge in [-0.2, -0.15) is 0 Å². The number of phosphoric ester groups is 1. The molecule has 90 heavy (non-hydrogen) atoms. The van der Waals surface area contributed by atoms with Crippen molar-refractivity contribution < 1.29 is 42.1 Å². The van der Waals surface area contributed by atoms with E-state index < -0.39 is 26.5 Å². The Labute approximate surface area is 556 Å². The van der Waals surface area contributed by atoms with E-state index in [1.807, 2.05) is 21.1 Å². The van der Waals surface area contributed by atoms with Crippen LogP contribution in [0.15, 0.2) is 122 Å². The Balaban J connectivity index is 3.99. The molecule has 518 valence electrons. The maximum absolute atomic E-state index is 12.9. The first-order valence-corrected chi connectivity index (χ1v) is 38.8. The second kappa shape index (κ2) is 69.7. The monoisotopic (exact) mass is 1280 g/mol. The largest absolute Gasteiger partial charge is 0.472 e. The number of allylic oxidation sites excluding steroid dienone is 20. The molecule has 0 aromatic rings. The zero-order valence-corrected chi connectivity index (χ0v) is 60.0. The van der Waals surface area contributed by atoms with Crippen molar-refractivity contribution >= 4 is 19.8 Å². The van der Waals surface area contributed by atoms with Gasteiger partial charge in [0.05, 0.1) is 27.7 Å². The summed E-state index contributed by atoms with van der Waals surface area (Å²) in [5, 5.41) is 0. The molecule has 0 rings (SSSR count). The average Bonchev–Trinajstić information content (AvgIpc) is 3.58. The van der Waals surface area contributed by atoms with Gasteiger partial charge in [0.2, 0.25) is 0 Å². The highest BCUT2D eigenvalue weighted by Crippen LogP contribution is 2.43. The van der Waals surface area contributed by atoms with Crippen molar-refractivity contribution in [1.82, 2.24) is 0 Å². The first-order valence-electron chi connectivity index (χ1n) is 37.3. The quantitative estimate of drug-likeness (QED) is 0.0211. The van der Waals surface area contributed by atoms with Crippen molar-refractivity contribution in [2.24, 2.45) is 0 Å². The van der Waals surface area contributed by atoms with Crippen molar-refractivity contribution in [3.05, 3.63) is 122 Å². The lowest BCUT2D eigenvalue weighted by Gasteiger charge is -2.24. The molecule has 10 heteroatoms. The van der Waals surface area contributed by atoms with E-state index in [-0.39, 0.29) is 32.0 Å². The number of carbonyl (C=O) groups is 2. The van der Waals surface area contributed by atoms with Gasteiger partial charge in [0, 0.05) is 12.8 Å². The van der Waals surface area contributed by atoms with Crippen LogP contribution in [0.1, 0.15) is 322 Å². The van der Waals surface area contributed by atoms with Crippen molar-refractivity contribution in [3.63, 3.8) is 0 Å². The fourth-order valence-corrected chi connectivity index (χ4v) is 11.1. The molecule has 0 heterocycles. The zero-order chi connectivity index (χ0) is 65.5. The Morgan fingerprint density at radius 3 is 0.889 bits per heavy atom. The summed E-state index contributed by atoms with van der Waals surface area (Å²) < 4.78 is 34.8. The van der Waals surface area contributed by atoms with Gasteiger partial charge in [-0.25, -0.2) is 4.57 Å². The lowest BCUT2D eigenvalue weighted by atomic mass is 10.0. The number of likely N-dealkylation sites (N-methyl/N-ethyl adjacent to an activating group) is 1. The minimum atomic E-state index is -4.40. The van der Waals surface area contributed by atoms with Gasteiger partial charge < -0.3 is 18.9 Å². The number of nitrogens with zero attached hydrogens (tertiary/aromatic N) is 1. The van der Waals surface area contributed by atoms with Crippen LogP contribution in [0.3, 0.4) is 0 Å². The van der Waals surface area contributed by atoms with Crippen LogP contribution in [0.25, 0.3) is 0 Å². The highest BCUT2D eigenvalue weighted by molar-refractivity contribution is 7.47. The summed E-state index contributed by atoms with van der Waals surface area (Å²) in [7, 11) is 1.48. The van der Waals surface area contributed by atoms with E-state index in [0.29, 0.717) is 17.4 Å². The van der Waals surface area contributed by atoms with Crippen LogP contribution in [0, 0.1) is 0 Å². The number of hydrogen-bond donors (Lipinski definition) is 1. The van der Waals surface area contributed by atoms with Crippen molar-refractivity contribution in [1.29, 1.82) is 0 Å². The Hall–Kier alpha value is -3.59. The van der Waals surface area contributed by atoms with E-state index in [4.69, 9.17) is 18.5 Å². The van der Waals surface area contributed by atoms with Gasteiger partial charge in [-0.05, 0) is 103 Å². The van der Waals surface area contributed by atoms with E-state index in [0.717, 1.165) is 96.3 Å². The average molecular weight is 1280 g/mol.